The maximum absolute atomic E-state index is 12.2. The van der Waals surface area contributed by atoms with Gasteiger partial charge in [-0.2, -0.15) is 0 Å². The molecule has 0 aliphatic carbocycles. The molecule has 0 aromatic heterocycles. The number of esters is 1. The van der Waals surface area contributed by atoms with Gasteiger partial charge in [0.2, 0.25) is 6.29 Å². The third-order valence-corrected chi connectivity index (χ3v) is 3.66. The Bertz CT molecular complexity index is 552. The molecule has 1 aliphatic rings. The number of rotatable bonds is 5. The fourth-order valence-electron chi connectivity index (χ4n) is 2.26. The topological polar surface area (TPSA) is 135 Å². The SMILES string of the molecule is COc1cc(OC)cc(C(=O)O[C@@H]2O[C@H](CO)[C@@H](O)[C@H](O)[C@H]2O)c1. The van der Waals surface area contributed by atoms with E-state index in [-0.39, 0.29) is 5.56 Å². The second-order valence-electron chi connectivity index (χ2n) is 5.20. The Labute approximate surface area is 138 Å². The zero-order valence-electron chi connectivity index (χ0n) is 13.2. The van der Waals surface area contributed by atoms with Crippen molar-refractivity contribution in [2.24, 2.45) is 0 Å². The van der Waals surface area contributed by atoms with Gasteiger partial charge in [0.25, 0.3) is 0 Å². The molecule has 1 saturated heterocycles. The van der Waals surface area contributed by atoms with Crippen LogP contribution >= 0.6 is 0 Å². The molecule has 1 aromatic carbocycles. The van der Waals surface area contributed by atoms with Crippen LogP contribution in [0.15, 0.2) is 18.2 Å². The standard InChI is InChI=1S/C15H20O9/c1-21-8-3-7(4-9(5-8)22-2)14(20)24-15-13(19)12(18)11(17)10(6-16)23-15/h3-5,10-13,15-19H,6H2,1-2H3/t10-,11-,12+,13-,15+/m1/s1. The number of aliphatic hydroxyl groups is 4. The number of carbonyl (C=O) groups excluding carboxylic acids is 1. The Balaban J connectivity index is 2.16. The molecular formula is C15H20O9. The smallest absolute Gasteiger partial charge is 0.340 e. The van der Waals surface area contributed by atoms with Crippen LogP contribution in [0.3, 0.4) is 0 Å². The van der Waals surface area contributed by atoms with E-state index in [4.69, 9.17) is 24.1 Å². The summed E-state index contributed by atoms with van der Waals surface area (Å²) in [6.07, 6.45) is -7.55. The maximum atomic E-state index is 12.2. The van der Waals surface area contributed by atoms with E-state index in [1.54, 1.807) is 6.07 Å². The normalized spacial score (nSPS) is 29.8. The van der Waals surface area contributed by atoms with Gasteiger partial charge in [-0.25, -0.2) is 4.79 Å². The Morgan fingerprint density at radius 2 is 1.62 bits per heavy atom. The van der Waals surface area contributed by atoms with E-state index in [9.17, 15) is 20.1 Å². The average molecular weight is 344 g/mol. The van der Waals surface area contributed by atoms with Gasteiger partial charge in [-0.05, 0) is 12.1 Å². The molecule has 5 atom stereocenters. The van der Waals surface area contributed by atoms with Gasteiger partial charge in [-0.1, -0.05) is 0 Å². The molecule has 0 unspecified atom stereocenters. The zero-order valence-corrected chi connectivity index (χ0v) is 13.2. The fraction of sp³-hybridized carbons (Fsp3) is 0.533. The van der Waals surface area contributed by atoms with Gasteiger partial charge in [0, 0.05) is 6.07 Å². The number of carbonyl (C=O) groups is 1. The van der Waals surface area contributed by atoms with Gasteiger partial charge < -0.3 is 39.4 Å². The molecule has 24 heavy (non-hydrogen) atoms. The van der Waals surface area contributed by atoms with Gasteiger partial charge in [0.15, 0.2) is 0 Å². The van der Waals surface area contributed by atoms with E-state index in [2.05, 4.69) is 0 Å². The molecular weight excluding hydrogens is 324 g/mol. The molecule has 2 rings (SSSR count). The highest BCUT2D eigenvalue weighted by Gasteiger charge is 2.45. The van der Waals surface area contributed by atoms with Crippen LogP contribution in [0.25, 0.3) is 0 Å². The van der Waals surface area contributed by atoms with E-state index in [0.717, 1.165) is 0 Å². The number of methoxy groups -OCH3 is 2. The monoisotopic (exact) mass is 344 g/mol. The first kappa shape index (κ1) is 18.4. The molecule has 134 valence electrons. The summed E-state index contributed by atoms with van der Waals surface area (Å²) in [7, 11) is 2.84. The van der Waals surface area contributed by atoms with E-state index >= 15 is 0 Å². The van der Waals surface area contributed by atoms with Crippen molar-refractivity contribution in [2.75, 3.05) is 20.8 Å². The van der Waals surface area contributed by atoms with Crippen LogP contribution in [0.4, 0.5) is 0 Å². The summed E-state index contributed by atoms with van der Waals surface area (Å²) in [6, 6.07) is 4.36. The predicted molar refractivity (Wildman–Crippen MR) is 78.7 cm³/mol. The molecule has 9 nitrogen and oxygen atoms in total. The Hall–Kier alpha value is -1.91. The van der Waals surface area contributed by atoms with Crippen LogP contribution in [0.2, 0.25) is 0 Å². The first-order valence-corrected chi connectivity index (χ1v) is 7.15. The van der Waals surface area contributed by atoms with Crippen molar-refractivity contribution in [1.29, 1.82) is 0 Å². The minimum absolute atomic E-state index is 0.0724. The number of benzene rings is 1. The molecule has 1 fully saturated rings. The molecule has 0 bridgehead atoms. The molecule has 0 spiro atoms. The summed E-state index contributed by atoms with van der Waals surface area (Å²) in [5.74, 6) is -0.151. The predicted octanol–water partition coefficient (Wildman–Crippen LogP) is -1.34. The van der Waals surface area contributed by atoms with Crippen LogP contribution in [0.5, 0.6) is 11.5 Å². The second-order valence-corrected chi connectivity index (χ2v) is 5.20. The van der Waals surface area contributed by atoms with Crippen molar-refractivity contribution in [2.45, 2.75) is 30.7 Å². The molecule has 1 aromatic rings. The Morgan fingerprint density at radius 1 is 1.04 bits per heavy atom. The minimum Gasteiger partial charge on any atom is -0.497 e. The van der Waals surface area contributed by atoms with E-state index in [1.165, 1.54) is 26.4 Å². The third-order valence-electron chi connectivity index (χ3n) is 3.66. The van der Waals surface area contributed by atoms with Crippen molar-refractivity contribution in [3.63, 3.8) is 0 Å². The lowest BCUT2D eigenvalue weighted by Crippen LogP contribution is -2.59. The van der Waals surface area contributed by atoms with Gasteiger partial charge >= 0.3 is 5.97 Å². The molecule has 1 aliphatic heterocycles. The average Bonchev–Trinajstić information content (AvgIpc) is 2.61. The van der Waals surface area contributed by atoms with Crippen molar-refractivity contribution >= 4 is 5.97 Å². The number of ether oxygens (including phenoxy) is 4. The summed E-state index contributed by atoms with van der Waals surface area (Å²) in [5, 5.41) is 38.4. The van der Waals surface area contributed by atoms with Crippen LogP contribution < -0.4 is 9.47 Å². The minimum atomic E-state index is -1.67. The van der Waals surface area contributed by atoms with Gasteiger partial charge in [0.1, 0.15) is 35.9 Å². The van der Waals surface area contributed by atoms with Gasteiger partial charge in [-0.15, -0.1) is 0 Å². The van der Waals surface area contributed by atoms with Crippen molar-refractivity contribution in [1.82, 2.24) is 0 Å². The third kappa shape index (κ3) is 3.77. The molecule has 0 saturated carbocycles. The maximum Gasteiger partial charge on any atom is 0.340 e. The molecule has 4 N–H and O–H groups in total. The highest BCUT2D eigenvalue weighted by Crippen LogP contribution is 2.26. The largest absolute Gasteiger partial charge is 0.497 e. The summed E-state index contributed by atoms with van der Waals surface area (Å²) in [6.45, 7) is -0.619. The van der Waals surface area contributed by atoms with Crippen LogP contribution in [0, 0.1) is 0 Å². The highest BCUT2D eigenvalue weighted by atomic mass is 16.7. The van der Waals surface area contributed by atoms with Gasteiger partial charge in [0.05, 0.1) is 26.4 Å². The fourth-order valence-corrected chi connectivity index (χ4v) is 2.26. The molecule has 9 heteroatoms. The number of hydrogen-bond donors (Lipinski definition) is 4. The van der Waals surface area contributed by atoms with Crippen molar-refractivity contribution in [3.8, 4) is 11.5 Å². The van der Waals surface area contributed by atoms with Crippen LogP contribution in [0.1, 0.15) is 10.4 Å². The molecule has 1 heterocycles. The lowest BCUT2D eigenvalue weighted by Gasteiger charge is -2.39. The lowest BCUT2D eigenvalue weighted by atomic mass is 9.99. The summed E-state index contributed by atoms with van der Waals surface area (Å²) in [5.41, 5.74) is 0.0724. The second kappa shape index (κ2) is 7.77. The Kier molecular flexibility index (Phi) is 5.97. The van der Waals surface area contributed by atoms with Crippen LogP contribution in [-0.2, 0) is 9.47 Å². The summed E-state index contributed by atoms with van der Waals surface area (Å²) < 4.78 is 20.3. The summed E-state index contributed by atoms with van der Waals surface area (Å²) in [4.78, 5) is 12.2. The van der Waals surface area contributed by atoms with Crippen molar-refractivity contribution < 1.29 is 44.2 Å². The zero-order chi connectivity index (χ0) is 17.9. The first-order chi connectivity index (χ1) is 11.4. The summed E-state index contributed by atoms with van der Waals surface area (Å²) >= 11 is 0. The van der Waals surface area contributed by atoms with E-state index in [1.807, 2.05) is 0 Å². The number of aliphatic hydroxyl groups excluding tert-OH is 4. The molecule has 0 amide bonds. The first-order valence-electron chi connectivity index (χ1n) is 7.15. The van der Waals surface area contributed by atoms with Gasteiger partial charge in [-0.3, -0.25) is 0 Å². The van der Waals surface area contributed by atoms with Crippen molar-refractivity contribution in [3.05, 3.63) is 23.8 Å². The number of hydrogen-bond acceptors (Lipinski definition) is 9. The lowest BCUT2D eigenvalue weighted by molar-refractivity contribution is -0.285. The van der Waals surface area contributed by atoms with E-state index < -0.39 is 43.3 Å². The van der Waals surface area contributed by atoms with E-state index in [0.29, 0.717) is 11.5 Å². The van der Waals surface area contributed by atoms with Crippen LogP contribution in [-0.4, -0.2) is 77.9 Å². The molecule has 0 radical (unpaired) electrons. The Morgan fingerprint density at radius 3 is 2.12 bits per heavy atom. The highest BCUT2D eigenvalue weighted by molar-refractivity contribution is 5.90. The quantitative estimate of drug-likeness (QED) is 0.479.